The number of nitrogens with one attached hydrogen (secondary N) is 1. The first kappa shape index (κ1) is 23.7. The Morgan fingerprint density at radius 1 is 1.21 bits per heavy atom. The van der Waals surface area contributed by atoms with Gasteiger partial charge < -0.3 is 10.4 Å². The molecule has 28 heavy (non-hydrogen) atoms. The predicted octanol–water partition coefficient (Wildman–Crippen LogP) is 4.56. The Labute approximate surface area is 169 Å². The van der Waals surface area contributed by atoms with Crippen LogP contribution in [0.4, 0.5) is 5.69 Å². The Hall–Kier alpha value is -2.35. The summed E-state index contributed by atoms with van der Waals surface area (Å²) in [7, 11) is 0. The van der Waals surface area contributed by atoms with Crippen molar-refractivity contribution >= 4 is 29.3 Å². The lowest BCUT2D eigenvalue weighted by molar-refractivity contribution is -0.384. The van der Waals surface area contributed by atoms with E-state index in [1.807, 2.05) is 12.2 Å². The van der Waals surface area contributed by atoms with Gasteiger partial charge in [-0.1, -0.05) is 38.3 Å². The number of carbonyl (C=O) groups is 2. The Bertz CT molecular complexity index is 661. The zero-order chi connectivity index (χ0) is 20.8. The number of hydrogen-bond donors (Lipinski definition) is 2. The summed E-state index contributed by atoms with van der Waals surface area (Å²) >= 11 is 1.35. The van der Waals surface area contributed by atoms with Gasteiger partial charge in [0.2, 0.25) is 5.91 Å². The van der Waals surface area contributed by atoms with E-state index in [1.54, 1.807) is 12.1 Å². The van der Waals surface area contributed by atoms with Gasteiger partial charge in [-0.05, 0) is 25.0 Å². The quantitative estimate of drug-likeness (QED) is 0.153. The van der Waals surface area contributed by atoms with Gasteiger partial charge in [0.25, 0.3) is 5.69 Å². The molecule has 0 heterocycles. The Morgan fingerprint density at radius 2 is 1.93 bits per heavy atom. The number of carbonyl (C=O) groups excluding carboxylic acids is 1. The summed E-state index contributed by atoms with van der Waals surface area (Å²) in [5.41, 5.74) is 0.00113. The van der Waals surface area contributed by atoms with Crippen LogP contribution in [0.5, 0.6) is 0 Å². The van der Waals surface area contributed by atoms with E-state index in [2.05, 4.69) is 12.2 Å². The van der Waals surface area contributed by atoms with Gasteiger partial charge in [0, 0.05) is 35.2 Å². The molecule has 1 unspecified atom stereocenters. The van der Waals surface area contributed by atoms with E-state index < -0.39 is 16.9 Å². The first-order chi connectivity index (χ1) is 13.4. The van der Waals surface area contributed by atoms with Gasteiger partial charge in [-0.2, -0.15) is 0 Å². The van der Waals surface area contributed by atoms with E-state index in [0.717, 1.165) is 17.7 Å². The maximum absolute atomic E-state index is 12.1. The number of benzene rings is 1. The number of hydrogen-bond acceptors (Lipinski definition) is 5. The van der Waals surface area contributed by atoms with E-state index in [4.69, 9.17) is 5.11 Å². The molecule has 0 aliphatic rings. The highest BCUT2D eigenvalue weighted by molar-refractivity contribution is 7.99. The van der Waals surface area contributed by atoms with Crippen LogP contribution in [-0.4, -0.2) is 33.7 Å². The van der Waals surface area contributed by atoms with E-state index in [-0.39, 0.29) is 24.4 Å². The number of unbranched alkanes of at least 4 members (excludes halogenated alkanes) is 4. The summed E-state index contributed by atoms with van der Waals surface area (Å²) in [5.74, 6) is -0.822. The summed E-state index contributed by atoms with van der Waals surface area (Å²) in [5, 5.41) is 22.5. The highest BCUT2D eigenvalue weighted by Gasteiger charge is 2.16. The standard InChI is InChI=1S/C20H28N2O5S/c1-2-3-4-5-6-7-8-9-19(23)21-16(14-20(24)25)15-28-18-12-10-17(11-13-18)22(26)27/h7-8,10-13,16H,2-6,9,14-15H2,1H3,(H,21,23)(H,24,25)/b8-7+. The van der Waals surface area contributed by atoms with Crippen LogP contribution in [-0.2, 0) is 9.59 Å². The Kier molecular flexibility index (Phi) is 11.6. The molecular formula is C20H28N2O5S. The lowest BCUT2D eigenvalue weighted by Gasteiger charge is -2.16. The molecular weight excluding hydrogens is 380 g/mol. The van der Waals surface area contributed by atoms with Crippen molar-refractivity contribution < 1.29 is 19.6 Å². The average Bonchev–Trinajstić information content (AvgIpc) is 2.65. The zero-order valence-electron chi connectivity index (χ0n) is 16.1. The molecule has 0 radical (unpaired) electrons. The molecule has 0 fully saturated rings. The zero-order valence-corrected chi connectivity index (χ0v) is 17.0. The summed E-state index contributed by atoms with van der Waals surface area (Å²) in [6.07, 6.45) is 9.52. The molecule has 1 amide bonds. The number of nitro benzene ring substituents is 1. The molecule has 0 saturated carbocycles. The summed E-state index contributed by atoms with van der Waals surface area (Å²) in [6, 6.07) is 5.52. The fourth-order valence-corrected chi connectivity index (χ4v) is 3.43. The molecule has 1 rings (SSSR count). The maximum atomic E-state index is 12.1. The molecule has 2 N–H and O–H groups in total. The summed E-state index contributed by atoms with van der Waals surface area (Å²) in [4.78, 5) is 34.1. The van der Waals surface area contributed by atoms with E-state index in [1.165, 1.54) is 43.2 Å². The van der Waals surface area contributed by atoms with Crippen molar-refractivity contribution in [1.82, 2.24) is 5.32 Å². The lowest BCUT2D eigenvalue weighted by Crippen LogP contribution is -2.38. The van der Waals surface area contributed by atoms with E-state index in [9.17, 15) is 19.7 Å². The normalized spacial score (nSPS) is 12.0. The summed E-state index contributed by atoms with van der Waals surface area (Å²) in [6.45, 7) is 2.16. The largest absolute Gasteiger partial charge is 0.481 e. The monoisotopic (exact) mass is 408 g/mol. The number of thioether (sulfide) groups is 1. The molecule has 0 bridgehead atoms. The van der Waals surface area contributed by atoms with Crippen LogP contribution < -0.4 is 5.32 Å². The third-order valence-corrected chi connectivity index (χ3v) is 5.15. The fourth-order valence-electron chi connectivity index (χ4n) is 2.51. The number of rotatable bonds is 14. The third-order valence-electron chi connectivity index (χ3n) is 3.98. The van der Waals surface area contributed by atoms with Gasteiger partial charge in [-0.25, -0.2) is 0 Å². The smallest absolute Gasteiger partial charge is 0.305 e. The van der Waals surface area contributed by atoms with Crippen molar-refractivity contribution in [3.8, 4) is 0 Å². The molecule has 0 aliphatic heterocycles. The maximum Gasteiger partial charge on any atom is 0.305 e. The lowest BCUT2D eigenvalue weighted by atomic mass is 10.1. The van der Waals surface area contributed by atoms with Crippen LogP contribution in [0.3, 0.4) is 0 Å². The summed E-state index contributed by atoms with van der Waals surface area (Å²) < 4.78 is 0. The first-order valence-electron chi connectivity index (χ1n) is 9.45. The van der Waals surface area contributed by atoms with Crippen molar-refractivity contribution in [1.29, 1.82) is 0 Å². The SMILES string of the molecule is CCCCCC/C=C/CC(=O)NC(CSc1ccc([N+](=O)[O-])cc1)CC(=O)O. The van der Waals surface area contributed by atoms with Gasteiger partial charge >= 0.3 is 5.97 Å². The van der Waals surface area contributed by atoms with E-state index >= 15 is 0 Å². The van der Waals surface area contributed by atoms with Gasteiger partial charge in [-0.3, -0.25) is 19.7 Å². The third kappa shape index (κ3) is 10.7. The second-order valence-electron chi connectivity index (χ2n) is 6.45. The minimum atomic E-state index is -0.985. The number of amides is 1. The number of non-ortho nitro benzene ring substituents is 1. The average molecular weight is 409 g/mol. The predicted molar refractivity (Wildman–Crippen MR) is 111 cm³/mol. The molecule has 7 nitrogen and oxygen atoms in total. The second-order valence-corrected chi connectivity index (χ2v) is 7.54. The van der Waals surface area contributed by atoms with Gasteiger partial charge in [-0.15, -0.1) is 11.8 Å². The van der Waals surface area contributed by atoms with Gasteiger partial charge in [0.05, 0.1) is 11.3 Å². The fraction of sp³-hybridized carbons (Fsp3) is 0.500. The number of aliphatic carboxylic acids is 1. The van der Waals surface area contributed by atoms with Crippen molar-refractivity contribution in [2.24, 2.45) is 0 Å². The highest BCUT2D eigenvalue weighted by Crippen LogP contribution is 2.22. The number of allylic oxidation sites excluding steroid dienone is 1. The molecule has 1 aromatic carbocycles. The number of nitro groups is 1. The van der Waals surface area contributed by atoms with Crippen LogP contribution in [0.1, 0.15) is 51.9 Å². The number of carboxylic acid groups (broad SMARTS) is 1. The Morgan fingerprint density at radius 3 is 2.54 bits per heavy atom. The van der Waals surface area contributed by atoms with Crippen molar-refractivity contribution in [2.45, 2.75) is 62.8 Å². The molecule has 0 spiro atoms. The molecule has 0 saturated heterocycles. The molecule has 0 aromatic heterocycles. The van der Waals surface area contributed by atoms with Crippen LogP contribution in [0.2, 0.25) is 0 Å². The van der Waals surface area contributed by atoms with Crippen LogP contribution in [0.15, 0.2) is 41.3 Å². The van der Waals surface area contributed by atoms with Crippen LogP contribution in [0.25, 0.3) is 0 Å². The molecule has 154 valence electrons. The Balaban J connectivity index is 2.44. The topological polar surface area (TPSA) is 110 Å². The first-order valence-corrected chi connectivity index (χ1v) is 10.4. The molecule has 8 heteroatoms. The minimum absolute atomic E-state index is 0.00113. The van der Waals surface area contributed by atoms with Crippen LogP contribution >= 0.6 is 11.8 Å². The van der Waals surface area contributed by atoms with Gasteiger partial charge in [0.15, 0.2) is 0 Å². The highest BCUT2D eigenvalue weighted by atomic mass is 32.2. The van der Waals surface area contributed by atoms with Crippen molar-refractivity contribution in [3.05, 3.63) is 46.5 Å². The molecule has 1 atom stereocenters. The molecule has 0 aliphatic carbocycles. The molecule has 1 aromatic rings. The minimum Gasteiger partial charge on any atom is -0.481 e. The van der Waals surface area contributed by atoms with Gasteiger partial charge in [0.1, 0.15) is 0 Å². The van der Waals surface area contributed by atoms with Crippen molar-refractivity contribution in [2.75, 3.05) is 5.75 Å². The number of carboxylic acids is 1. The van der Waals surface area contributed by atoms with E-state index in [0.29, 0.717) is 5.75 Å². The number of nitrogens with zero attached hydrogens (tertiary/aromatic N) is 1. The van der Waals surface area contributed by atoms with Crippen molar-refractivity contribution in [3.63, 3.8) is 0 Å². The van der Waals surface area contributed by atoms with Crippen LogP contribution in [0, 0.1) is 10.1 Å². The second kappa shape index (κ2) is 13.8.